The Labute approximate surface area is 126 Å². The van der Waals surface area contributed by atoms with Crippen molar-refractivity contribution >= 4 is 5.69 Å². The highest BCUT2D eigenvalue weighted by atomic mass is 19.1. The van der Waals surface area contributed by atoms with Gasteiger partial charge in [-0.1, -0.05) is 41.6 Å². The van der Waals surface area contributed by atoms with Crippen LogP contribution in [0.25, 0.3) is 11.3 Å². The molecule has 0 saturated heterocycles. The number of aromatic nitrogens is 1. The first-order chi connectivity index (χ1) is 10.8. The lowest BCUT2D eigenvalue weighted by Gasteiger charge is -2.06. The lowest BCUT2D eigenvalue weighted by atomic mass is 10.1. The molecule has 4 nitrogen and oxygen atoms in total. The van der Waals surface area contributed by atoms with Crippen LogP contribution < -0.4 is 5.32 Å². The Hall–Kier alpha value is -3.13. The number of hydrogen-bond acceptors (Lipinski definition) is 4. The fourth-order valence-corrected chi connectivity index (χ4v) is 2.11. The van der Waals surface area contributed by atoms with Crippen LogP contribution in [-0.4, -0.2) is 5.16 Å². The Kier molecular flexibility index (Phi) is 3.84. The van der Waals surface area contributed by atoms with Crippen molar-refractivity contribution in [2.24, 2.45) is 0 Å². The topological polar surface area (TPSA) is 61.9 Å². The average molecular weight is 293 g/mol. The SMILES string of the molecule is N#Cc1c(F)cccc1NCc1cc(-c2ccccc2)no1. The van der Waals surface area contributed by atoms with E-state index in [0.717, 1.165) is 11.3 Å². The van der Waals surface area contributed by atoms with Gasteiger partial charge in [0.25, 0.3) is 0 Å². The summed E-state index contributed by atoms with van der Waals surface area (Å²) >= 11 is 0. The molecule has 0 aliphatic carbocycles. The summed E-state index contributed by atoms with van der Waals surface area (Å²) < 4.78 is 18.8. The molecule has 108 valence electrons. The molecule has 1 N–H and O–H groups in total. The average Bonchev–Trinajstić information content (AvgIpc) is 3.03. The van der Waals surface area contributed by atoms with E-state index in [1.54, 1.807) is 12.1 Å². The molecule has 1 aromatic heterocycles. The van der Waals surface area contributed by atoms with Crippen molar-refractivity contribution in [1.82, 2.24) is 5.16 Å². The predicted molar refractivity (Wildman–Crippen MR) is 80.4 cm³/mol. The summed E-state index contributed by atoms with van der Waals surface area (Å²) in [7, 11) is 0. The number of halogens is 1. The lowest BCUT2D eigenvalue weighted by molar-refractivity contribution is 0.390. The molecule has 0 atom stereocenters. The molecule has 0 spiro atoms. The zero-order chi connectivity index (χ0) is 15.4. The molecule has 1 heterocycles. The first-order valence-corrected chi connectivity index (χ1v) is 6.71. The van der Waals surface area contributed by atoms with E-state index in [2.05, 4.69) is 10.5 Å². The van der Waals surface area contributed by atoms with Crippen molar-refractivity contribution in [3.8, 4) is 17.3 Å². The minimum atomic E-state index is -0.546. The second kappa shape index (κ2) is 6.10. The predicted octanol–water partition coefficient (Wildman–Crippen LogP) is 3.96. The minimum absolute atomic E-state index is 0.00898. The van der Waals surface area contributed by atoms with Gasteiger partial charge in [0.15, 0.2) is 5.76 Å². The molecule has 3 rings (SSSR count). The number of nitriles is 1. The molecule has 5 heteroatoms. The largest absolute Gasteiger partial charge is 0.377 e. The molecular weight excluding hydrogens is 281 g/mol. The Morgan fingerprint density at radius 1 is 1.14 bits per heavy atom. The van der Waals surface area contributed by atoms with Gasteiger partial charge in [-0.05, 0) is 12.1 Å². The van der Waals surface area contributed by atoms with Gasteiger partial charge in [-0.15, -0.1) is 0 Å². The monoisotopic (exact) mass is 293 g/mol. The van der Waals surface area contributed by atoms with E-state index in [9.17, 15) is 4.39 Å². The van der Waals surface area contributed by atoms with E-state index in [-0.39, 0.29) is 5.56 Å². The Bertz CT molecular complexity index is 821. The van der Waals surface area contributed by atoms with Gasteiger partial charge >= 0.3 is 0 Å². The van der Waals surface area contributed by atoms with Gasteiger partial charge in [0.1, 0.15) is 23.1 Å². The molecule has 0 aliphatic heterocycles. The molecule has 0 amide bonds. The van der Waals surface area contributed by atoms with Crippen LogP contribution in [0.5, 0.6) is 0 Å². The molecule has 3 aromatic rings. The second-order valence-corrected chi connectivity index (χ2v) is 4.67. The zero-order valence-corrected chi connectivity index (χ0v) is 11.6. The summed E-state index contributed by atoms with van der Waals surface area (Å²) in [4.78, 5) is 0. The first-order valence-electron chi connectivity index (χ1n) is 6.71. The zero-order valence-electron chi connectivity index (χ0n) is 11.6. The quantitative estimate of drug-likeness (QED) is 0.790. The smallest absolute Gasteiger partial charge is 0.156 e. The van der Waals surface area contributed by atoms with E-state index in [1.165, 1.54) is 6.07 Å². The highest BCUT2D eigenvalue weighted by Crippen LogP contribution is 2.21. The minimum Gasteiger partial charge on any atom is -0.377 e. The third-order valence-corrected chi connectivity index (χ3v) is 3.21. The van der Waals surface area contributed by atoms with E-state index in [0.29, 0.717) is 18.0 Å². The number of hydrogen-bond donors (Lipinski definition) is 1. The lowest BCUT2D eigenvalue weighted by Crippen LogP contribution is -2.01. The molecule has 0 fully saturated rings. The summed E-state index contributed by atoms with van der Waals surface area (Å²) in [6, 6.07) is 17.8. The standard InChI is InChI=1S/C17H12FN3O/c18-15-7-4-8-16(14(15)10-19)20-11-13-9-17(21-22-13)12-5-2-1-3-6-12/h1-9,20H,11H2. The van der Waals surface area contributed by atoms with Gasteiger partial charge < -0.3 is 9.84 Å². The first kappa shape index (κ1) is 13.8. The number of rotatable bonds is 4. The maximum atomic E-state index is 13.5. The molecule has 0 radical (unpaired) electrons. The highest BCUT2D eigenvalue weighted by Gasteiger charge is 2.09. The van der Waals surface area contributed by atoms with Crippen LogP contribution in [0.15, 0.2) is 59.1 Å². The molecular formula is C17H12FN3O. The van der Waals surface area contributed by atoms with E-state index in [1.807, 2.05) is 42.5 Å². The van der Waals surface area contributed by atoms with Crippen LogP contribution in [0.4, 0.5) is 10.1 Å². The molecule has 0 aliphatic rings. The molecule has 0 unspecified atom stereocenters. The van der Waals surface area contributed by atoms with Gasteiger partial charge in [0, 0.05) is 11.6 Å². The van der Waals surface area contributed by atoms with Crippen molar-refractivity contribution in [3.05, 3.63) is 71.7 Å². The summed E-state index contributed by atoms with van der Waals surface area (Å²) in [6.07, 6.45) is 0. The fraction of sp³-hybridized carbons (Fsp3) is 0.0588. The number of nitrogens with one attached hydrogen (secondary N) is 1. The van der Waals surface area contributed by atoms with Gasteiger partial charge in [0.2, 0.25) is 0 Å². The fourth-order valence-electron chi connectivity index (χ4n) is 2.11. The normalized spacial score (nSPS) is 10.2. The summed E-state index contributed by atoms with van der Waals surface area (Å²) in [5.41, 5.74) is 2.11. The van der Waals surface area contributed by atoms with E-state index < -0.39 is 5.82 Å². The maximum absolute atomic E-state index is 13.5. The van der Waals surface area contributed by atoms with Crippen LogP contribution in [0.2, 0.25) is 0 Å². The van der Waals surface area contributed by atoms with E-state index >= 15 is 0 Å². The second-order valence-electron chi connectivity index (χ2n) is 4.67. The van der Waals surface area contributed by atoms with Crippen molar-refractivity contribution < 1.29 is 8.91 Å². The molecule has 2 aromatic carbocycles. The third kappa shape index (κ3) is 2.81. The number of nitrogens with zero attached hydrogens (tertiary/aromatic N) is 2. The van der Waals surface area contributed by atoms with E-state index in [4.69, 9.17) is 9.78 Å². The number of benzene rings is 2. The van der Waals surface area contributed by atoms with Crippen molar-refractivity contribution in [3.63, 3.8) is 0 Å². The Morgan fingerprint density at radius 3 is 2.73 bits per heavy atom. The highest BCUT2D eigenvalue weighted by molar-refractivity contribution is 5.60. The third-order valence-electron chi connectivity index (χ3n) is 3.21. The van der Waals surface area contributed by atoms with Gasteiger partial charge in [-0.2, -0.15) is 5.26 Å². The van der Waals surface area contributed by atoms with Gasteiger partial charge in [-0.25, -0.2) is 4.39 Å². The maximum Gasteiger partial charge on any atom is 0.156 e. The van der Waals surface area contributed by atoms with Crippen molar-refractivity contribution in [1.29, 1.82) is 5.26 Å². The summed E-state index contributed by atoms with van der Waals surface area (Å²) in [5.74, 6) is 0.0575. The summed E-state index contributed by atoms with van der Waals surface area (Å²) in [6.45, 7) is 0.317. The van der Waals surface area contributed by atoms with Crippen LogP contribution in [0.1, 0.15) is 11.3 Å². The summed E-state index contributed by atoms with van der Waals surface area (Å²) in [5, 5.41) is 16.0. The van der Waals surface area contributed by atoms with Crippen molar-refractivity contribution in [2.45, 2.75) is 6.54 Å². The Morgan fingerprint density at radius 2 is 1.95 bits per heavy atom. The molecule has 22 heavy (non-hydrogen) atoms. The van der Waals surface area contributed by atoms with Gasteiger partial charge in [-0.3, -0.25) is 0 Å². The van der Waals surface area contributed by atoms with Crippen molar-refractivity contribution in [2.75, 3.05) is 5.32 Å². The molecule has 0 saturated carbocycles. The van der Waals surface area contributed by atoms with Crippen LogP contribution in [0, 0.1) is 17.1 Å². The molecule has 0 bridgehead atoms. The Balaban J connectivity index is 1.75. The van der Waals surface area contributed by atoms with Crippen LogP contribution >= 0.6 is 0 Å². The van der Waals surface area contributed by atoms with Crippen LogP contribution in [0.3, 0.4) is 0 Å². The van der Waals surface area contributed by atoms with Gasteiger partial charge in [0.05, 0.1) is 12.2 Å². The van der Waals surface area contributed by atoms with Crippen LogP contribution in [-0.2, 0) is 6.54 Å². The number of anilines is 1.